The molecule has 1 aromatic carbocycles. The number of thioether (sulfide) groups is 1. The van der Waals surface area contributed by atoms with Crippen LogP contribution < -0.4 is 5.32 Å². The van der Waals surface area contributed by atoms with Crippen LogP contribution in [0.3, 0.4) is 0 Å². The summed E-state index contributed by atoms with van der Waals surface area (Å²) in [6.07, 6.45) is 0.391. The van der Waals surface area contributed by atoms with E-state index in [0.29, 0.717) is 23.9 Å². The molecule has 0 saturated carbocycles. The van der Waals surface area contributed by atoms with Crippen LogP contribution in [0.2, 0.25) is 5.02 Å². The van der Waals surface area contributed by atoms with E-state index in [-0.39, 0.29) is 17.4 Å². The second kappa shape index (κ2) is 10.5. The van der Waals surface area contributed by atoms with Crippen molar-refractivity contribution in [3.05, 3.63) is 34.9 Å². The number of hydrogen-bond acceptors (Lipinski definition) is 5. The molecule has 1 heterocycles. The minimum absolute atomic E-state index is 0.166. The number of carbonyl (C=O) groups excluding carboxylic acids is 2. The highest BCUT2D eigenvalue weighted by molar-refractivity contribution is 7.99. The summed E-state index contributed by atoms with van der Waals surface area (Å²) < 4.78 is 11.1. The first-order valence-electron chi connectivity index (χ1n) is 9.86. The zero-order chi connectivity index (χ0) is 21.6. The van der Waals surface area contributed by atoms with Gasteiger partial charge in [0.15, 0.2) is 0 Å². The Kier molecular flexibility index (Phi) is 8.67. The summed E-state index contributed by atoms with van der Waals surface area (Å²) in [5.41, 5.74) is 0.260. The van der Waals surface area contributed by atoms with Crippen LogP contribution in [-0.4, -0.2) is 53.6 Å². The van der Waals surface area contributed by atoms with Crippen molar-refractivity contribution in [2.75, 3.05) is 18.9 Å². The van der Waals surface area contributed by atoms with E-state index in [0.717, 1.165) is 12.0 Å². The molecular formula is C21H31ClN2O4S. The van der Waals surface area contributed by atoms with E-state index in [2.05, 4.69) is 5.32 Å². The molecule has 2 amide bonds. The summed E-state index contributed by atoms with van der Waals surface area (Å²) in [5, 5.41) is 3.24. The highest BCUT2D eigenvalue weighted by Gasteiger charge is 2.44. The zero-order valence-electron chi connectivity index (χ0n) is 17.7. The summed E-state index contributed by atoms with van der Waals surface area (Å²) in [7, 11) is 0. The maximum absolute atomic E-state index is 12.9. The van der Waals surface area contributed by atoms with Gasteiger partial charge >= 0.3 is 6.09 Å². The fourth-order valence-corrected chi connectivity index (χ4v) is 4.40. The van der Waals surface area contributed by atoms with Crippen molar-refractivity contribution < 1.29 is 19.1 Å². The molecular weight excluding hydrogens is 412 g/mol. The van der Waals surface area contributed by atoms with E-state index < -0.39 is 17.7 Å². The van der Waals surface area contributed by atoms with Crippen LogP contribution in [0.25, 0.3) is 0 Å². The van der Waals surface area contributed by atoms with Crippen molar-refractivity contribution >= 4 is 35.4 Å². The summed E-state index contributed by atoms with van der Waals surface area (Å²) in [4.78, 5) is 27.3. The third-order valence-electron chi connectivity index (χ3n) is 4.13. The summed E-state index contributed by atoms with van der Waals surface area (Å²) >= 11 is 7.54. The summed E-state index contributed by atoms with van der Waals surface area (Å²) in [6.45, 7) is 10.5. The van der Waals surface area contributed by atoms with E-state index in [1.807, 2.05) is 46.8 Å². The fraction of sp³-hybridized carbons (Fsp3) is 0.619. The van der Waals surface area contributed by atoms with Gasteiger partial charge in [0.05, 0.1) is 6.10 Å². The summed E-state index contributed by atoms with van der Waals surface area (Å²) in [6, 6.07) is 6.73. The lowest BCUT2D eigenvalue weighted by Gasteiger charge is -2.31. The number of carbonyl (C=O) groups is 2. The van der Waals surface area contributed by atoms with E-state index in [9.17, 15) is 9.59 Å². The largest absolute Gasteiger partial charge is 0.444 e. The second-order valence-corrected chi connectivity index (χ2v) is 9.75. The smallest absolute Gasteiger partial charge is 0.412 e. The number of nitrogens with zero attached hydrogens (tertiary/aromatic N) is 1. The maximum atomic E-state index is 12.9. The first-order valence-corrected chi connectivity index (χ1v) is 11.3. The van der Waals surface area contributed by atoms with Crippen LogP contribution in [0, 0.1) is 0 Å². The Morgan fingerprint density at radius 2 is 1.93 bits per heavy atom. The molecule has 0 aromatic heterocycles. The number of amides is 2. The fourth-order valence-electron chi connectivity index (χ4n) is 2.85. The molecule has 1 aliphatic heterocycles. The van der Waals surface area contributed by atoms with Gasteiger partial charge in [0, 0.05) is 23.9 Å². The Labute approximate surface area is 182 Å². The molecule has 8 heteroatoms. The van der Waals surface area contributed by atoms with E-state index in [1.165, 1.54) is 0 Å². The van der Waals surface area contributed by atoms with Gasteiger partial charge in [-0.1, -0.05) is 23.7 Å². The van der Waals surface area contributed by atoms with Gasteiger partial charge in [-0.25, -0.2) is 4.79 Å². The SMILES string of the molecule is CC(C)OCCCNC(=O)[C@H]1CS[C@@H](c2ccc(Cl)cc2)N1C(=O)OC(C)(C)C. The molecule has 1 fully saturated rings. The number of halogens is 1. The monoisotopic (exact) mass is 442 g/mol. The normalized spacial score (nSPS) is 19.5. The summed E-state index contributed by atoms with van der Waals surface area (Å²) in [5.74, 6) is 0.324. The molecule has 162 valence electrons. The van der Waals surface area contributed by atoms with E-state index in [4.69, 9.17) is 21.1 Å². The molecule has 0 aliphatic carbocycles. The molecule has 0 unspecified atom stereocenters. The van der Waals surface area contributed by atoms with Crippen LogP contribution in [-0.2, 0) is 14.3 Å². The molecule has 1 saturated heterocycles. The minimum Gasteiger partial charge on any atom is -0.444 e. The average molecular weight is 443 g/mol. The Morgan fingerprint density at radius 1 is 1.28 bits per heavy atom. The molecule has 2 atom stereocenters. The van der Waals surface area contributed by atoms with Gasteiger partial charge in [0.1, 0.15) is 17.0 Å². The zero-order valence-corrected chi connectivity index (χ0v) is 19.3. The van der Waals surface area contributed by atoms with Crippen LogP contribution >= 0.6 is 23.4 Å². The second-order valence-electron chi connectivity index (χ2n) is 8.20. The molecule has 0 radical (unpaired) electrons. The Hall–Kier alpha value is -1.44. The van der Waals surface area contributed by atoms with Crippen LogP contribution in [0.15, 0.2) is 24.3 Å². The molecule has 0 spiro atoms. The predicted molar refractivity (Wildman–Crippen MR) is 117 cm³/mol. The molecule has 1 aliphatic rings. The van der Waals surface area contributed by atoms with Crippen molar-refractivity contribution in [3.63, 3.8) is 0 Å². The first-order chi connectivity index (χ1) is 13.6. The number of hydrogen-bond donors (Lipinski definition) is 1. The topological polar surface area (TPSA) is 67.9 Å². The van der Waals surface area contributed by atoms with Crippen molar-refractivity contribution in [1.29, 1.82) is 0 Å². The van der Waals surface area contributed by atoms with Crippen LogP contribution in [0.1, 0.15) is 52.0 Å². The number of rotatable bonds is 7. The van der Waals surface area contributed by atoms with Crippen molar-refractivity contribution in [1.82, 2.24) is 10.2 Å². The Balaban J connectivity index is 2.09. The van der Waals surface area contributed by atoms with Gasteiger partial charge in [0.25, 0.3) is 0 Å². The molecule has 1 N–H and O–H groups in total. The van der Waals surface area contributed by atoms with E-state index in [1.54, 1.807) is 28.8 Å². The van der Waals surface area contributed by atoms with Crippen LogP contribution in [0.5, 0.6) is 0 Å². The van der Waals surface area contributed by atoms with Gasteiger partial charge in [-0.15, -0.1) is 11.8 Å². The third kappa shape index (κ3) is 7.39. The lowest BCUT2D eigenvalue weighted by Crippen LogP contribution is -2.49. The van der Waals surface area contributed by atoms with Crippen molar-refractivity contribution in [2.45, 2.75) is 64.2 Å². The Bertz CT molecular complexity index is 691. The van der Waals surface area contributed by atoms with Gasteiger partial charge in [0.2, 0.25) is 5.91 Å². The minimum atomic E-state index is -0.649. The lowest BCUT2D eigenvalue weighted by atomic mass is 10.1. The van der Waals surface area contributed by atoms with E-state index >= 15 is 0 Å². The molecule has 6 nitrogen and oxygen atoms in total. The van der Waals surface area contributed by atoms with Gasteiger partial charge in [-0.05, 0) is 58.7 Å². The molecule has 0 bridgehead atoms. The third-order valence-corrected chi connectivity index (χ3v) is 5.71. The van der Waals surface area contributed by atoms with Gasteiger partial charge < -0.3 is 14.8 Å². The lowest BCUT2D eigenvalue weighted by molar-refractivity contribution is -0.125. The van der Waals surface area contributed by atoms with Gasteiger partial charge in [-0.3, -0.25) is 9.69 Å². The number of ether oxygens (including phenoxy) is 2. The average Bonchev–Trinajstić information content (AvgIpc) is 3.05. The number of benzene rings is 1. The quantitative estimate of drug-likeness (QED) is 0.624. The van der Waals surface area contributed by atoms with Gasteiger partial charge in [-0.2, -0.15) is 0 Å². The standard InChI is InChI=1S/C21H31ClN2O4S/c1-14(2)27-12-6-11-23-18(25)17-13-29-19(15-7-9-16(22)10-8-15)24(17)20(26)28-21(3,4)5/h7-10,14,17,19H,6,11-13H2,1-5H3,(H,23,25)/t17-,19+/m1/s1. The highest BCUT2D eigenvalue weighted by Crippen LogP contribution is 2.42. The van der Waals surface area contributed by atoms with Crippen molar-refractivity contribution in [3.8, 4) is 0 Å². The maximum Gasteiger partial charge on any atom is 0.412 e. The van der Waals surface area contributed by atoms with Crippen molar-refractivity contribution in [2.24, 2.45) is 0 Å². The van der Waals surface area contributed by atoms with Crippen LogP contribution in [0.4, 0.5) is 4.79 Å². The molecule has 2 rings (SSSR count). The Morgan fingerprint density at radius 3 is 2.52 bits per heavy atom. The number of nitrogens with one attached hydrogen (secondary N) is 1. The molecule has 29 heavy (non-hydrogen) atoms. The molecule has 1 aromatic rings. The first kappa shape index (κ1) is 23.8. The highest BCUT2D eigenvalue weighted by atomic mass is 35.5. The predicted octanol–water partition coefficient (Wildman–Crippen LogP) is 4.62.